The Labute approximate surface area is 242 Å². The van der Waals surface area contributed by atoms with Crippen LogP contribution in [-0.4, -0.2) is 88.7 Å². The van der Waals surface area contributed by atoms with Crippen LogP contribution in [0.4, 0.5) is 0 Å². The minimum atomic E-state index is -1.05. The molecule has 12 nitrogen and oxygen atoms in total. The number of primary amides is 1. The molecule has 2 aliphatic rings. The molecule has 0 aliphatic carbocycles. The molecule has 5 amide bonds. The number of hydrogen-bond donors (Lipinski definition) is 3. The van der Waals surface area contributed by atoms with Crippen molar-refractivity contribution >= 4 is 41.1 Å². The number of likely N-dealkylation sites (tertiary alicyclic amines) is 1. The first-order valence-electron chi connectivity index (χ1n) is 14.7. The van der Waals surface area contributed by atoms with Crippen molar-refractivity contribution in [2.45, 2.75) is 110 Å². The third-order valence-corrected chi connectivity index (χ3v) is 7.85. The minimum absolute atomic E-state index is 0.0226. The first-order chi connectivity index (χ1) is 19.1. The number of ketones is 2. The molecule has 0 aromatic carbocycles. The third kappa shape index (κ3) is 9.36. The summed E-state index contributed by atoms with van der Waals surface area (Å²) in [6.07, 6.45) is 1.73. The Morgan fingerprint density at radius 3 is 2.27 bits per heavy atom. The Bertz CT molecular complexity index is 1030. The molecular weight excluding hydrogens is 530 g/mol. The highest BCUT2D eigenvalue weighted by molar-refractivity contribution is 5.97. The van der Waals surface area contributed by atoms with Gasteiger partial charge in [-0.1, -0.05) is 34.6 Å². The van der Waals surface area contributed by atoms with Gasteiger partial charge in [-0.05, 0) is 38.0 Å². The van der Waals surface area contributed by atoms with Crippen molar-refractivity contribution in [1.82, 2.24) is 20.4 Å². The molecular formula is C29H47N5O7. The smallest absolute Gasteiger partial charge is 0.245 e. The van der Waals surface area contributed by atoms with Gasteiger partial charge in [-0.2, -0.15) is 0 Å². The van der Waals surface area contributed by atoms with Crippen LogP contribution in [0.3, 0.4) is 0 Å². The standard InChI is InChI=1S/C29H47N5O7/c1-16(2)14-22(26(38)17(3)4)33(6)29(41)21-8-7-13-34(21)28(40)18(5)15-23(35)19(9-11-24(30)36)32-27(39)20-10-12-25(37)31-20/h16-22H,7-15H2,1-6H3,(H2,30,36)(H,31,37)(H,32,39)/t18-,19+,20?,21+,22+/m1/s1. The number of carbonyl (C=O) groups excluding carboxylic acids is 7. The van der Waals surface area contributed by atoms with E-state index >= 15 is 0 Å². The summed E-state index contributed by atoms with van der Waals surface area (Å²) in [5.41, 5.74) is 5.26. The zero-order valence-corrected chi connectivity index (χ0v) is 25.2. The molecule has 41 heavy (non-hydrogen) atoms. The normalized spacial score (nSPS) is 20.9. The van der Waals surface area contributed by atoms with Gasteiger partial charge in [-0.25, -0.2) is 0 Å². The zero-order chi connectivity index (χ0) is 31.0. The van der Waals surface area contributed by atoms with Crippen molar-refractivity contribution in [3.63, 3.8) is 0 Å². The number of rotatable bonds is 15. The molecule has 0 bridgehead atoms. The average Bonchev–Trinajstić information content (AvgIpc) is 3.56. The van der Waals surface area contributed by atoms with Crippen LogP contribution in [0.5, 0.6) is 0 Å². The first kappa shape index (κ1) is 33.9. The molecule has 2 saturated heterocycles. The van der Waals surface area contributed by atoms with Gasteiger partial charge >= 0.3 is 0 Å². The number of Topliss-reactive ketones (excluding diaryl/α,β-unsaturated/α-hetero) is 2. The lowest BCUT2D eigenvalue weighted by molar-refractivity contribution is -0.149. The van der Waals surface area contributed by atoms with Crippen LogP contribution in [0.25, 0.3) is 0 Å². The van der Waals surface area contributed by atoms with Gasteiger partial charge in [-0.15, -0.1) is 0 Å². The molecule has 5 atom stereocenters. The minimum Gasteiger partial charge on any atom is -0.370 e. The monoisotopic (exact) mass is 577 g/mol. The first-order valence-corrected chi connectivity index (χ1v) is 14.7. The molecule has 0 spiro atoms. The van der Waals surface area contributed by atoms with E-state index in [-0.39, 0.29) is 61.0 Å². The van der Waals surface area contributed by atoms with Crippen molar-refractivity contribution in [3.8, 4) is 0 Å². The molecule has 2 rings (SSSR count). The molecule has 0 saturated carbocycles. The second-order valence-electron chi connectivity index (χ2n) is 12.1. The second-order valence-corrected chi connectivity index (χ2v) is 12.1. The summed E-state index contributed by atoms with van der Waals surface area (Å²) in [7, 11) is 1.61. The zero-order valence-electron chi connectivity index (χ0n) is 25.2. The summed E-state index contributed by atoms with van der Waals surface area (Å²) in [6, 6.07) is -3.13. The summed E-state index contributed by atoms with van der Waals surface area (Å²) >= 11 is 0. The average molecular weight is 578 g/mol. The van der Waals surface area contributed by atoms with E-state index in [1.807, 2.05) is 13.8 Å². The van der Waals surface area contributed by atoms with E-state index in [1.54, 1.807) is 27.8 Å². The van der Waals surface area contributed by atoms with Crippen molar-refractivity contribution in [3.05, 3.63) is 0 Å². The fourth-order valence-corrected chi connectivity index (χ4v) is 5.47. The van der Waals surface area contributed by atoms with Crippen molar-refractivity contribution < 1.29 is 33.6 Å². The van der Waals surface area contributed by atoms with Gasteiger partial charge < -0.3 is 26.2 Å². The molecule has 1 unspecified atom stereocenters. The number of carbonyl (C=O) groups is 7. The molecule has 0 radical (unpaired) electrons. The van der Waals surface area contributed by atoms with E-state index in [4.69, 9.17) is 5.73 Å². The second kappa shape index (κ2) is 15.1. The lowest BCUT2D eigenvalue weighted by Gasteiger charge is -2.34. The van der Waals surface area contributed by atoms with Crippen LogP contribution in [0.15, 0.2) is 0 Å². The molecule has 2 fully saturated rings. The van der Waals surface area contributed by atoms with Crippen molar-refractivity contribution in [2.75, 3.05) is 13.6 Å². The Morgan fingerprint density at radius 1 is 1.07 bits per heavy atom. The van der Waals surface area contributed by atoms with E-state index in [1.165, 1.54) is 9.80 Å². The summed E-state index contributed by atoms with van der Waals surface area (Å²) in [6.45, 7) is 9.55. The largest absolute Gasteiger partial charge is 0.370 e. The Kier molecular flexibility index (Phi) is 12.5. The predicted octanol–water partition coefficient (Wildman–Crippen LogP) is 0.700. The highest BCUT2D eigenvalue weighted by atomic mass is 16.2. The molecule has 12 heteroatoms. The number of nitrogens with zero attached hydrogens (tertiary/aromatic N) is 2. The number of amides is 5. The van der Waals surface area contributed by atoms with E-state index in [0.29, 0.717) is 32.2 Å². The topological polar surface area (TPSA) is 176 Å². The molecule has 0 aromatic heterocycles. The van der Waals surface area contributed by atoms with Gasteiger partial charge in [0.2, 0.25) is 29.5 Å². The van der Waals surface area contributed by atoms with E-state index in [2.05, 4.69) is 10.6 Å². The van der Waals surface area contributed by atoms with Gasteiger partial charge in [0.05, 0.1) is 12.1 Å². The van der Waals surface area contributed by atoms with Crippen LogP contribution >= 0.6 is 0 Å². The van der Waals surface area contributed by atoms with Gasteiger partial charge in [0.25, 0.3) is 0 Å². The maximum atomic E-state index is 13.6. The number of hydrogen-bond acceptors (Lipinski definition) is 7. The van der Waals surface area contributed by atoms with Crippen molar-refractivity contribution in [1.29, 1.82) is 0 Å². The molecule has 4 N–H and O–H groups in total. The number of nitrogens with one attached hydrogen (secondary N) is 2. The van der Waals surface area contributed by atoms with E-state index in [0.717, 1.165) is 0 Å². The summed E-state index contributed by atoms with van der Waals surface area (Å²) in [4.78, 5) is 91.7. The van der Waals surface area contributed by atoms with E-state index in [9.17, 15) is 33.6 Å². The summed E-state index contributed by atoms with van der Waals surface area (Å²) in [5, 5.41) is 5.15. The lowest BCUT2D eigenvalue weighted by atomic mass is 9.92. The lowest BCUT2D eigenvalue weighted by Crippen LogP contribution is -2.53. The Balaban J connectivity index is 2.11. The molecule has 0 aromatic rings. The Morgan fingerprint density at radius 2 is 1.73 bits per heavy atom. The van der Waals surface area contributed by atoms with Crippen LogP contribution in [0, 0.1) is 17.8 Å². The van der Waals surface area contributed by atoms with Gasteiger partial charge in [0.15, 0.2) is 11.6 Å². The summed E-state index contributed by atoms with van der Waals surface area (Å²) in [5.74, 6) is -3.37. The van der Waals surface area contributed by atoms with Gasteiger partial charge in [0.1, 0.15) is 12.1 Å². The summed E-state index contributed by atoms with van der Waals surface area (Å²) < 4.78 is 0. The fraction of sp³-hybridized carbons (Fsp3) is 0.759. The molecule has 2 heterocycles. The highest BCUT2D eigenvalue weighted by Crippen LogP contribution is 2.25. The van der Waals surface area contributed by atoms with Crippen LogP contribution < -0.4 is 16.4 Å². The van der Waals surface area contributed by atoms with Crippen LogP contribution in [0.1, 0.15) is 86.0 Å². The number of nitrogens with two attached hydrogens (primary N) is 1. The maximum Gasteiger partial charge on any atom is 0.245 e. The SMILES string of the molecule is CC(C)C[C@@H](C(=O)C(C)C)N(C)C(=O)[C@@H]1CCCN1C(=O)[C@H](C)CC(=O)[C@H](CCC(N)=O)NC(=O)C1CCC(=O)N1. The fourth-order valence-electron chi connectivity index (χ4n) is 5.47. The van der Waals surface area contributed by atoms with Gasteiger partial charge in [-0.3, -0.25) is 33.6 Å². The Hall–Kier alpha value is -3.31. The van der Waals surface area contributed by atoms with E-state index < -0.39 is 47.7 Å². The quantitative estimate of drug-likeness (QED) is 0.257. The van der Waals surface area contributed by atoms with Crippen molar-refractivity contribution in [2.24, 2.45) is 23.5 Å². The highest BCUT2D eigenvalue weighted by Gasteiger charge is 2.41. The molecule has 230 valence electrons. The predicted molar refractivity (Wildman–Crippen MR) is 151 cm³/mol. The maximum absolute atomic E-state index is 13.6. The van der Waals surface area contributed by atoms with Crippen LogP contribution in [-0.2, 0) is 33.6 Å². The molecule has 2 aliphatic heterocycles. The van der Waals surface area contributed by atoms with Crippen LogP contribution in [0.2, 0.25) is 0 Å². The number of likely N-dealkylation sites (N-methyl/N-ethyl adjacent to an activating group) is 1. The third-order valence-electron chi connectivity index (χ3n) is 7.85. The van der Waals surface area contributed by atoms with Gasteiger partial charge in [0, 0.05) is 44.7 Å².